The number of hydrogen-bond donors (Lipinski definition) is 3. The van der Waals surface area contributed by atoms with E-state index in [0.29, 0.717) is 6.04 Å². The van der Waals surface area contributed by atoms with Crippen LogP contribution in [-0.2, 0) is 0 Å². The van der Waals surface area contributed by atoms with Crippen LogP contribution in [0.15, 0.2) is 4.99 Å². The first kappa shape index (κ1) is 15.0. The van der Waals surface area contributed by atoms with E-state index in [-0.39, 0.29) is 0 Å². The Morgan fingerprint density at radius 3 is 2.33 bits per heavy atom. The molecule has 0 saturated carbocycles. The van der Waals surface area contributed by atoms with Crippen LogP contribution in [0.1, 0.15) is 25.7 Å². The SMILES string of the molecule is CN=C(N)C1CCCN1C1CCN(C)CC1.N=N. The number of nitrogens with two attached hydrogens (primary N) is 1. The van der Waals surface area contributed by atoms with E-state index < -0.39 is 0 Å². The highest BCUT2D eigenvalue weighted by Crippen LogP contribution is 2.25. The first-order valence-corrected chi connectivity index (χ1v) is 6.64. The molecule has 2 fully saturated rings. The van der Waals surface area contributed by atoms with E-state index in [1.54, 1.807) is 7.05 Å². The van der Waals surface area contributed by atoms with Gasteiger partial charge >= 0.3 is 0 Å². The summed E-state index contributed by atoms with van der Waals surface area (Å²) >= 11 is 0. The van der Waals surface area contributed by atoms with E-state index in [1.807, 2.05) is 0 Å². The fourth-order valence-corrected chi connectivity index (χ4v) is 3.02. The van der Waals surface area contributed by atoms with Crippen LogP contribution in [0.5, 0.6) is 0 Å². The minimum atomic E-state index is 0.415. The zero-order valence-electron chi connectivity index (χ0n) is 11.5. The van der Waals surface area contributed by atoms with Crippen LogP contribution in [0, 0.1) is 11.1 Å². The fraction of sp³-hybridized carbons (Fsp3) is 0.917. The van der Waals surface area contributed by atoms with Crippen LogP contribution >= 0.6 is 0 Å². The van der Waals surface area contributed by atoms with Gasteiger partial charge in [0.2, 0.25) is 0 Å². The average Bonchev–Trinajstić information content (AvgIpc) is 2.90. The highest BCUT2D eigenvalue weighted by molar-refractivity contribution is 5.86. The molecular weight excluding hydrogens is 228 g/mol. The average molecular weight is 254 g/mol. The summed E-state index contributed by atoms with van der Waals surface area (Å²) in [4.78, 5) is 9.18. The maximum Gasteiger partial charge on any atom is 0.111 e. The molecular formula is C12H26N6. The lowest BCUT2D eigenvalue weighted by Gasteiger charge is -2.38. The lowest BCUT2D eigenvalue weighted by atomic mass is 10.0. The summed E-state index contributed by atoms with van der Waals surface area (Å²) < 4.78 is 0. The number of nitrogens with zero attached hydrogens (tertiary/aromatic N) is 3. The van der Waals surface area contributed by atoms with Crippen molar-refractivity contribution in [2.45, 2.75) is 37.8 Å². The molecule has 0 radical (unpaired) electrons. The van der Waals surface area contributed by atoms with Gasteiger partial charge < -0.3 is 10.6 Å². The van der Waals surface area contributed by atoms with Gasteiger partial charge in [-0.15, -0.1) is 0 Å². The Morgan fingerprint density at radius 1 is 1.17 bits per heavy atom. The summed E-state index contributed by atoms with van der Waals surface area (Å²) in [5.41, 5.74) is 16.0. The zero-order valence-corrected chi connectivity index (χ0v) is 11.5. The molecule has 2 aliphatic heterocycles. The van der Waals surface area contributed by atoms with Crippen molar-refractivity contribution in [3.05, 3.63) is 0 Å². The van der Waals surface area contributed by atoms with Crippen LogP contribution in [0.4, 0.5) is 0 Å². The third kappa shape index (κ3) is 3.49. The standard InChI is InChI=1S/C12H24N4.H2N2/c1-14-12(13)11-4-3-7-16(11)10-5-8-15(2)9-6-10;1-2/h10-11H,3-9H2,1-2H3,(H2,13,14);1-2H. The van der Waals surface area contributed by atoms with Gasteiger partial charge in [-0.1, -0.05) is 0 Å². The van der Waals surface area contributed by atoms with Gasteiger partial charge in [0, 0.05) is 13.1 Å². The van der Waals surface area contributed by atoms with Gasteiger partial charge in [-0.2, -0.15) is 0 Å². The predicted octanol–water partition coefficient (Wildman–Crippen LogP) is 1.13. The molecule has 2 saturated heterocycles. The summed E-state index contributed by atoms with van der Waals surface area (Å²) in [5, 5.41) is 0. The van der Waals surface area contributed by atoms with Gasteiger partial charge in [-0.05, 0) is 52.4 Å². The second kappa shape index (κ2) is 7.43. The maximum atomic E-state index is 6.00. The third-order valence-electron chi connectivity index (χ3n) is 4.05. The van der Waals surface area contributed by atoms with Gasteiger partial charge in [-0.3, -0.25) is 9.89 Å². The normalized spacial score (nSPS) is 27.9. The first-order chi connectivity index (χ1) is 8.72. The van der Waals surface area contributed by atoms with Gasteiger partial charge in [0.05, 0.1) is 6.04 Å². The Kier molecular flexibility index (Phi) is 6.21. The van der Waals surface area contributed by atoms with Crippen molar-refractivity contribution in [1.82, 2.24) is 9.80 Å². The van der Waals surface area contributed by atoms with E-state index in [1.165, 1.54) is 45.3 Å². The molecule has 1 unspecified atom stereocenters. The van der Waals surface area contributed by atoms with Gasteiger partial charge in [0.25, 0.3) is 0 Å². The minimum absolute atomic E-state index is 0.415. The quantitative estimate of drug-likeness (QED) is 0.392. The first-order valence-electron chi connectivity index (χ1n) is 6.64. The molecule has 0 aromatic heterocycles. The Labute approximate surface area is 110 Å². The van der Waals surface area contributed by atoms with Crippen molar-refractivity contribution in [2.24, 2.45) is 10.7 Å². The van der Waals surface area contributed by atoms with E-state index in [0.717, 1.165) is 11.9 Å². The molecule has 104 valence electrons. The smallest absolute Gasteiger partial charge is 0.111 e. The fourth-order valence-electron chi connectivity index (χ4n) is 3.02. The molecule has 2 rings (SSSR count). The van der Waals surface area contributed by atoms with Crippen molar-refractivity contribution in [3.63, 3.8) is 0 Å². The molecule has 1 atom stereocenters. The second-order valence-electron chi connectivity index (χ2n) is 5.08. The van der Waals surface area contributed by atoms with Crippen LogP contribution in [0.2, 0.25) is 0 Å². The highest BCUT2D eigenvalue weighted by atomic mass is 15.2. The molecule has 18 heavy (non-hydrogen) atoms. The lowest BCUT2D eigenvalue weighted by Crippen LogP contribution is -2.49. The maximum absolute atomic E-state index is 6.00. The third-order valence-corrected chi connectivity index (χ3v) is 4.05. The van der Waals surface area contributed by atoms with Crippen molar-refractivity contribution in [3.8, 4) is 0 Å². The largest absolute Gasteiger partial charge is 0.386 e. The molecule has 2 aliphatic rings. The summed E-state index contributed by atoms with van der Waals surface area (Å²) in [6.45, 7) is 3.64. The van der Waals surface area contributed by atoms with Crippen molar-refractivity contribution < 1.29 is 0 Å². The molecule has 0 aromatic carbocycles. The van der Waals surface area contributed by atoms with Crippen LogP contribution < -0.4 is 5.73 Å². The topological polar surface area (TPSA) is 92.6 Å². The molecule has 0 spiro atoms. The van der Waals surface area contributed by atoms with E-state index in [4.69, 9.17) is 16.8 Å². The highest BCUT2D eigenvalue weighted by Gasteiger charge is 2.33. The molecule has 6 heteroatoms. The Hall–Kier alpha value is -1.01. The van der Waals surface area contributed by atoms with Crippen molar-refractivity contribution in [1.29, 1.82) is 11.1 Å². The van der Waals surface area contributed by atoms with Gasteiger partial charge in [0.1, 0.15) is 5.84 Å². The number of aliphatic imine (C=N–C) groups is 1. The molecule has 4 N–H and O–H groups in total. The molecule has 0 aliphatic carbocycles. The zero-order chi connectivity index (χ0) is 13.5. The summed E-state index contributed by atoms with van der Waals surface area (Å²) in [5.74, 6) is 0.830. The Balaban J connectivity index is 0.000000771. The van der Waals surface area contributed by atoms with E-state index in [9.17, 15) is 0 Å². The molecule has 0 aromatic rings. The second-order valence-corrected chi connectivity index (χ2v) is 5.08. The number of rotatable bonds is 2. The molecule has 6 nitrogen and oxygen atoms in total. The monoisotopic (exact) mass is 254 g/mol. The van der Waals surface area contributed by atoms with Crippen LogP contribution in [-0.4, -0.2) is 61.4 Å². The van der Waals surface area contributed by atoms with E-state index in [2.05, 4.69) is 21.8 Å². The number of likely N-dealkylation sites (tertiary alicyclic amines) is 2. The van der Waals surface area contributed by atoms with Crippen molar-refractivity contribution in [2.75, 3.05) is 33.7 Å². The lowest BCUT2D eigenvalue weighted by molar-refractivity contribution is 0.129. The van der Waals surface area contributed by atoms with Crippen molar-refractivity contribution >= 4 is 5.84 Å². The number of piperidine rings is 1. The molecule has 2 heterocycles. The van der Waals surface area contributed by atoms with Crippen LogP contribution in [0.3, 0.4) is 0 Å². The molecule has 0 amide bonds. The number of amidine groups is 1. The van der Waals surface area contributed by atoms with Crippen LogP contribution in [0.25, 0.3) is 0 Å². The Bertz CT molecular complexity index is 272. The van der Waals surface area contributed by atoms with Gasteiger partial charge in [-0.25, -0.2) is 11.1 Å². The Morgan fingerprint density at radius 2 is 1.78 bits per heavy atom. The summed E-state index contributed by atoms with van der Waals surface area (Å²) in [6.07, 6.45) is 5.02. The molecule has 0 bridgehead atoms. The van der Waals surface area contributed by atoms with E-state index >= 15 is 0 Å². The summed E-state index contributed by atoms with van der Waals surface area (Å²) in [7, 11) is 4.01. The number of hydrogen-bond acceptors (Lipinski definition) is 5. The summed E-state index contributed by atoms with van der Waals surface area (Å²) in [6, 6.07) is 1.14. The number of nitrogens with one attached hydrogen (secondary N) is 2. The minimum Gasteiger partial charge on any atom is -0.386 e. The van der Waals surface area contributed by atoms with Gasteiger partial charge in [0.15, 0.2) is 0 Å². The predicted molar refractivity (Wildman–Crippen MR) is 73.2 cm³/mol.